The normalized spacial score (nSPS) is 12.8. The van der Waals surface area contributed by atoms with E-state index in [1.165, 1.54) is 51.4 Å². The van der Waals surface area contributed by atoms with Gasteiger partial charge in [0, 0.05) is 6.42 Å². The maximum atomic E-state index is 10.4. The third kappa shape index (κ3) is 20.9. The van der Waals surface area contributed by atoms with Crippen molar-refractivity contribution < 1.29 is 19.8 Å². The van der Waals surface area contributed by atoms with Crippen molar-refractivity contribution in [3.8, 4) is 0 Å². The van der Waals surface area contributed by atoms with Crippen LogP contribution in [0.1, 0.15) is 105 Å². The summed E-state index contributed by atoms with van der Waals surface area (Å²) in [6.45, 7) is 8.16. The van der Waals surface area contributed by atoms with Gasteiger partial charge in [-0.25, -0.2) is 0 Å². The molecule has 0 aliphatic carbocycles. The zero-order chi connectivity index (χ0) is 18.8. The van der Waals surface area contributed by atoms with Crippen LogP contribution in [-0.2, 0) is 9.59 Å². The second kappa shape index (κ2) is 18.3. The van der Waals surface area contributed by atoms with Gasteiger partial charge in [0.25, 0.3) is 0 Å². The van der Waals surface area contributed by atoms with Gasteiger partial charge in [-0.15, -0.1) is 0 Å². The molecule has 0 saturated carbocycles. The minimum absolute atomic E-state index is 0.161. The monoisotopic (exact) mass is 344 g/mol. The Balaban J connectivity index is 0. The van der Waals surface area contributed by atoms with Crippen LogP contribution in [0.25, 0.3) is 0 Å². The molecule has 0 aromatic rings. The van der Waals surface area contributed by atoms with Gasteiger partial charge in [-0.1, -0.05) is 91.9 Å². The molecule has 0 radical (unpaired) electrons. The number of unbranched alkanes of at least 4 members (excludes halogenated alkanes) is 7. The first-order valence-electron chi connectivity index (χ1n) is 9.79. The molecule has 4 heteroatoms. The number of hydrogen-bond donors (Lipinski definition) is 2. The van der Waals surface area contributed by atoms with Gasteiger partial charge >= 0.3 is 11.9 Å². The summed E-state index contributed by atoms with van der Waals surface area (Å²) in [6, 6.07) is 0. The standard InChI is InChI=1S/2C10H20O2/c1-3-4-5-6-7-9(2)8-10(11)12;1-3-4-5-6-7-8-9(2)10(11)12/h2*9H,3-8H2,1-2H3,(H,11,12). The average molecular weight is 345 g/mol. The van der Waals surface area contributed by atoms with E-state index < -0.39 is 11.9 Å². The fourth-order valence-corrected chi connectivity index (χ4v) is 2.50. The maximum Gasteiger partial charge on any atom is 0.306 e. The van der Waals surface area contributed by atoms with Crippen molar-refractivity contribution in [2.24, 2.45) is 11.8 Å². The molecule has 2 unspecified atom stereocenters. The lowest BCUT2D eigenvalue weighted by molar-refractivity contribution is -0.141. The number of carboxylic acids is 2. The van der Waals surface area contributed by atoms with Gasteiger partial charge in [0.15, 0.2) is 0 Å². The summed E-state index contributed by atoms with van der Waals surface area (Å²) >= 11 is 0. The van der Waals surface area contributed by atoms with Gasteiger partial charge in [-0.3, -0.25) is 9.59 Å². The zero-order valence-electron chi connectivity index (χ0n) is 16.4. The predicted octanol–water partition coefficient (Wildman–Crippen LogP) is 6.14. The van der Waals surface area contributed by atoms with Crippen LogP contribution in [-0.4, -0.2) is 22.2 Å². The number of carboxylic acid groups (broad SMARTS) is 2. The predicted molar refractivity (Wildman–Crippen MR) is 100 cm³/mol. The van der Waals surface area contributed by atoms with E-state index in [-0.39, 0.29) is 5.92 Å². The summed E-state index contributed by atoms with van der Waals surface area (Å²) in [5.41, 5.74) is 0. The molecule has 4 nitrogen and oxygen atoms in total. The van der Waals surface area contributed by atoms with Gasteiger partial charge in [-0.2, -0.15) is 0 Å². The summed E-state index contributed by atoms with van der Waals surface area (Å²) in [5, 5.41) is 17.1. The minimum Gasteiger partial charge on any atom is -0.481 e. The van der Waals surface area contributed by atoms with E-state index in [2.05, 4.69) is 13.8 Å². The first-order valence-corrected chi connectivity index (χ1v) is 9.79. The van der Waals surface area contributed by atoms with Gasteiger partial charge in [0.2, 0.25) is 0 Å². The molecule has 144 valence electrons. The lowest BCUT2D eigenvalue weighted by Gasteiger charge is -2.06. The van der Waals surface area contributed by atoms with Crippen molar-refractivity contribution in [1.82, 2.24) is 0 Å². The second-order valence-electron chi connectivity index (χ2n) is 6.99. The smallest absolute Gasteiger partial charge is 0.306 e. The lowest BCUT2D eigenvalue weighted by atomic mass is 10.00. The summed E-state index contributed by atoms with van der Waals surface area (Å²) in [4.78, 5) is 20.7. The Labute approximate surface area is 149 Å². The molecule has 2 N–H and O–H groups in total. The van der Waals surface area contributed by atoms with Crippen LogP contribution in [0, 0.1) is 11.8 Å². The van der Waals surface area contributed by atoms with Crippen LogP contribution >= 0.6 is 0 Å². The lowest BCUT2D eigenvalue weighted by Crippen LogP contribution is -2.08. The molecule has 0 aromatic heterocycles. The van der Waals surface area contributed by atoms with E-state index in [0.29, 0.717) is 12.3 Å². The van der Waals surface area contributed by atoms with E-state index in [4.69, 9.17) is 10.2 Å². The Morgan fingerprint density at radius 3 is 1.67 bits per heavy atom. The van der Waals surface area contributed by atoms with Gasteiger partial charge in [0.05, 0.1) is 5.92 Å². The highest BCUT2D eigenvalue weighted by molar-refractivity contribution is 5.69. The molecular weight excluding hydrogens is 304 g/mol. The molecule has 2 atom stereocenters. The van der Waals surface area contributed by atoms with Crippen molar-refractivity contribution in [1.29, 1.82) is 0 Å². The quantitative estimate of drug-likeness (QED) is 0.371. The highest BCUT2D eigenvalue weighted by Crippen LogP contribution is 2.13. The Kier molecular flexibility index (Phi) is 19.2. The van der Waals surface area contributed by atoms with Crippen LogP contribution in [0.15, 0.2) is 0 Å². The first-order chi connectivity index (χ1) is 11.3. The molecule has 0 rings (SSSR count). The molecule has 0 saturated heterocycles. The van der Waals surface area contributed by atoms with Crippen LogP contribution in [0.2, 0.25) is 0 Å². The van der Waals surface area contributed by atoms with E-state index in [1.54, 1.807) is 6.92 Å². The average Bonchev–Trinajstić information content (AvgIpc) is 2.51. The zero-order valence-corrected chi connectivity index (χ0v) is 16.4. The number of rotatable bonds is 14. The Morgan fingerprint density at radius 1 is 0.750 bits per heavy atom. The summed E-state index contributed by atoms with van der Waals surface area (Å²) in [6.07, 6.45) is 13.2. The van der Waals surface area contributed by atoms with Crippen molar-refractivity contribution in [3.05, 3.63) is 0 Å². The van der Waals surface area contributed by atoms with Crippen molar-refractivity contribution in [2.45, 2.75) is 105 Å². The molecule has 0 spiro atoms. The van der Waals surface area contributed by atoms with Gasteiger partial charge < -0.3 is 10.2 Å². The largest absolute Gasteiger partial charge is 0.481 e. The fraction of sp³-hybridized carbons (Fsp3) is 0.900. The molecule has 0 fully saturated rings. The van der Waals surface area contributed by atoms with Crippen LogP contribution in [0.3, 0.4) is 0 Å². The molecular formula is C20H40O4. The van der Waals surface area contributed by atoms with E-state index in [0.717, 1.165) is 19.3 Å². The second-order valence-corrected chi connectivity index (χ2v) is 6.99. The molecule has 0 heterocycles. The highest BCUT2D eigenvalue weighted by Gasteiger charge is 2.09. The Bertz CT molecular complexity index is 302. The first kappa shape index (κ1) is 25.2. The Morgan fingerprint density at radius 2 is 1.21 bits per heavy atom. The van der Waals surface area contributed by atoms with Crippen LogP contribution < -0.4 is 0 Å². The SMILES string of the molecule is CCCCCCC(C)CC(=O)O.CCCCCCCC(C)C(=O)O. The Hall–Kier alpha value is -1.06. The minimum atomic E-state index is -0.669. The van der Waals surface area contributed by atoms with Crippen molar-refractivity contribution >= 4 is 11.9 Å². The molecule has 0 aromatic carbocycles. The van der Waals surface area contributed by atoms with Crippen molar-refractivity contribution in [2.75, 3.05) is 0 Å². The topological polar surface area (TPSA) is 74.6 Å². The van der Waals surface area contributed by atoms with Crippen molar-refractivity contribution in [3.63, 3.8) is 0 Å². The third-order valence-electron chi connectivity index (χ3n) is 4.24. The van der Waals surface area contributed by atoms with Crippen LogP contribution in [0.4, 0.5) is 0 Å². The molecule has 0 aliphatic heterocycles. The summed E-state index contributed by atoms with van der Waals surface area (Å²) in [5.74, 6) is -1.14. The number of aliphatic carboxylic acids is 2. The maximum absolute atomic E-state index is 10.4. The fourth-order valence-electron chi connectivity index (χ4n) is 2.50. The highest BCUT2D eigenvalue weighted by atomic mass is 16.4. The van der Waals surface area contributed by atoms with E-state index in [9.17, 15) is 9.59 Å². The molecule has 0 amide bonds. The van der Waals surface area contributed by atoms with Gasteiger partial charge in [-0.05, 0) is 12.3 Å². The number of hydrogen-bond acceptors (Lipinski definition) is 2. The molecule has 24 heavy (non-hydrogen) atoms. The van der Waals surface area contributed by atoms with E-state index >= 15 is 0 Å². The van der Waals surface area contributed by atoms with Crippen LogP contribution in [0.5, 0.6) is 0 Å². The summed E-state index contributed by atoms with van der Waals surface area (Å²) < 4.78 is 0. The molecule has 0 aliphatic rings. The molecule has 0 bridgehead atoms. The number of carbonyl (C=O) groups is 2. The van der Waals surface area contributed by atoms with E-state index in [1.807, 2.05) is 6.92 Å². The van der Waals surface area contributed by atoms with Gasteiger partial charge in [0.1, 0.15) is 0 Å². The third-order valence-corrected chi connectivity index (χ3v) is 4.24. The summed E-state index contributed by atoms with van der Waals surface area (Å²) in [7, 11) is 0.